The van der Waals surface area contributed by atoms with E-state index >= 15 is 0 Å². The van der Waals surface area contributed by atoms with Crippen LogP contribution in [-0.4, -0.2) is 61.3 Å². The van der Waals surface area contributed by atoms with E-state index in [1.165, 1.54) is 14.2 Å². The summed E-state index contributed by atoms with van der Waals surface area (Å²) in [6.45, 7) is 8.90. The molecule has 1 saturated heterocycles. The number of benzene rings is 1. The highest BCUT2D eigenvalue weighted by atomic mass is 35.5. The van der Waals surface area contributed by atoms with Gasteiger partial charge >= 0.3 is 12.1 Å². The van der Waals surface area contributed by atoms with Gasteiger partial charge in [0.25, 0.3) is 0 Å². The van der Waals surface area contributed by atoms with Crippen molar-refractivity contribution in [1.82, 2.24) is 5.32 Å². The number of methoxy groups -OCH3 is 2. The molecule has 230 valence electrons. The monoisotopic (exact) mass is 604 g/mol. The number of allylic oxidation sites excluding steroid dienone is 3. The van der Waals surface area contributed by atoms with Crippen molar-refractivity contribution in [3.8, 4) is 5.75 Å². The highest BCUT2D eigenvalue weighted by molar-refractivity contribution is 6.35. The molecular formula is C31H41ClN2O8. The molecule has 0 saturated carbocycles. The zero-order chi connectivity index (χ0) is 31.2. The number of amides is 2. The van der Waals surface area contributed by atoms with Crippen molar-refractivity contribution < 1.29 is 38.4 Å². The molecule has 10 nitrogen and oxygen atoms in total. The molecule has 5 unspecified atom stereocenters. The first-order valence-corrected chi connectivity index (χ1v) is 14.3. The number of fused-ring (bicyclic) bond motifs is 4. The fourth-order valence-electron chi connectivity index (χ4n) is 4.93. The van der Waals surface area contributed by atoms with Gasteiger partial charge in [-0.05, 0) is 43.5 Å². The van der Waals surface area contributed by atoms with Crippen LogP contribution in [0.3, 0.4) is 0 Å². The molecule has 4 bridgehead atoms. The number of nitrogens with one attached hydrogen (secondary N) is 2. The van der Waals surface area contributed by atoms with E-state index in [-0.39, 0.29) is 17.9 Å². The molecule has 42 heavy (non-hydrogen) atoms. The SMILES string of the molecule is COc1cc2cc(c1Cl)NC(=O)CC(OC(=O)C(C)C)/C(C)=C/C(C)C1CC(O)(NC(=O)O1)C(OC)/C=C/C=C(/C)C2. The molecule has 1 aromatic carbocycles. The third-order valence-corrected chi connectivity index (χ3v) is 7.67. The van der Waals surface area contributed by atoms with Crippen LogP contribution < -0.4 is 15.4 Å². The number of aliphatic hydroxyl groups is 1. The summed E-state index contributed by atoms with van der Waals surface area (Å²) in [4.78, 5) is 38.4. The lowest BCUT2D eigenvalue weighted by molar-refractivity contribution is -0.151. The molecule has 0 aliphatic carbocycles. The Hall–Kier alpha value is -3.34. The average Bonchev–Trinajstić information content (AvgIpc) is 2.91. The summed E-state index contributed by atoms with van der Waals surface area (Å²) in [5, 5.41) is 17.1. The molecule has 0 aromatic heterocycles. The minimum Gasteiger partial charge on any atom is -0.495 e. The first-order valence-electron chi connectivity index (χ1n) is 13.9. The Kier molecular flexibility index (Phi) is 11.2. The minimum atomic E-state index is -1.74. The van der Waals surface area contributed by atoms with Gasteiger partial charge in [-0.15, -0.1) is 0 Å². The van der Waals surface area contributed by atoms with Crippen LogP contribution in [0.25, 0.3) is 0 Å². The molecule has 3 N–H and O–H groups in total. The number of halogens is 1. The third kappa shape index (κ3) is 8.36. The van der Waals surface area contributed by atoms with Crippen molar-refractivity contribution in [3.63, 3.8) is 0 Å². The summed E-state index contributed by atoms with van der Waals surface area (Å²) in [6.07, 6.45) is 4.13. The van der Waals surface area contributed by atoms with Gasteiger partial charge in [0.05, 0.1) is 25.1 Å². The smallest absolute Gasteiger partial charge is 0.409 e. The Morgan fingerprint density at radius 2 is 1.93 bits per heavy atom. The number of hydrogen-bond donors (Lipinski definition) is 3. The van der Waals surface area contributed by atoms with Crippen LogP contribution >= 0.6 is 11.6 Å². The van der Waals surface area contributed by atoms with Gasteiger partial charge in [0, 0.05) is 19.4 Å². The van der Waals surface area contributed by atoms with E-state index in [1.54, 1.807) is 51.1 Å². The van der Waals surface area contributed by atoms with Crippen LogP contribution in [0.15, 0.2) is 47.6 Å². The number of ether oxygens (including phenoxy) is 4. The lowest BCUT2D eigenvalue weighted by Gasteiger charge is -2.41. The van der Waals surface area contributed by atoms with Gasteiger partial charge in [-0.25, -0.2) is 4.79 Å². The standard InChI is InChI=1S/C31H41ClN2O8/c1-17(2)29(36)41-23-15-27(35)33-22-13-21(14-24(39-6)28(22)32)11-18(3)9-8-10-26(40-7)31(38)16-25(42-30(37)34-31)20(5)12-19(23)4/h8-10,12-14,17,20,23,25-26,38H,11,15-16H2,1-7H3,(H,33,35)(H,34,37)/b10-8+,18-9-,19-12+. The summed E-state index contributed by atoms with van der Waals surface area (Å²) in [5.41, 5.74) is 1.00. The van der Waals surface area contributed by atoms with Crippen molar-refractivity contribution >= 4 is 35.3 Å². The Morgan fingerprint density at radius 1 is 1.21 bits per heavy atom. The summed E-state index contributed by atoms with van der Waals surface area (Å²) < 4.78 is 22.3. The molecule has 2 aliphatic heterocycles. The second-order valence-electron chi connectivity index (χ2n) is 11.2. The number of carbonyl (C=O) groups excluding carboxylic acids is 3. The van der Waals surface area contributed by atoms with E-state index in [0.717, 1.165) is 11.1 Å². The van der Waals surface area contributed by atoms with Crippen molar-refractivity contribution in [3.05, 3.63) is 58.2 Å². The number of alkyl carbamates (subject to hydrolysis) is 1. The normalized spacial score (nSPS) is 30.5. The van der Waals surface area contributed by atoms with Crippen LogP contribution in [-0.2, 0) is 30.2 Å². The van der Waals surface area contributed by atoms with Crippen molar-refractivity contribution in [2.24, 2.45) is 11.8 Å². The Balaban J connectivity index is 2.10. The van der Waals surface area contributed by atoms with Crippen LogP contribution in [0.1, 0.15) is 53.0 Å². The Bertz CT molecular complexity index is 1270. The summed E-state index contributed by atoms with van der Waals surface area (Å²) >= 11 is 6.54. The number of rotatable bonds is 4. The van der Waals surface area contributed by atoms with Crippen LogP contribution in [0.2, 0.25) is 5.02 Å². The second-order valence-corrected chi connectivity index (χ2v) is 11.6. The molecule has 11 heteroatoms. The van der Waals surface area contributed by atoms with Gasteiger partial charge in [-0.3, -0.25) is 14.9 Å². The van der Waals surface area contributed by atoms with Gasteiger partial charge in [0.15, 0.2) is 5.72 Å². The van der Waals surface area contributed by atoms with Gasteiger partial charge in [-0.1, -0.05) is 62.2 Å². The molecule has 2 amide bonds. The zero-order valence-corrected chi connectivity index (χ0v) is 25.9. The van der Waals surface area contributed by atoms with Gasteiger partial charge in [0.2, 0.25) is 5.91 Å². The van der Waals surface area contributed by atoms with Crippen molar-refractivity contribution in [2.45, 2.75) is 77.9 Å². The number of anilines is 1. The molecule has 2 heterocycles. The number of esters is 1. The number of hydrogen-bond acceptors (Lipinski definition) is 8. The molecule has 0 radical (unpaired) electrons. The molecule has 0 spiro atoms. The van der Waals surface area contributed by atoms with Gasteiger partial charge < -0.3 is 29.4 Å². The molecule has 1 aromatic rings. The minimum absolute atomic E-state index is 0.0241. The second kappa shape index (κ2) is 14.2. The molecular weight excluding hydrogens is 564 g/mol. The van der Waals surface area contributed by atoms with Crippen LogP contribution in [0.5, 0.6) is 5.75 Å². The lowest BCUT2D eigenvalue weighted by atomic mass is 9.89. The van der Waals surface area contributed by atoms with Crippen molar-refractivity contribution in [1.29, 1.82) is 0 Å². The molecule has 1 fully saturated rings. The predicted molar refractivity (Wildman–Crippen MR) is 159 cm³/mol. The van der Waals surface area contributed by atoms with Gasteiger partial charge in [-0.2, -0.15) is 0 Å². The maximum atomic E-state index is 13.3. The summed E-state index contributed by atoms with van der Waals surface area (Å²) in [6, 6.07) is 3.57. The third-order valence-electron chi connectivity index (χ3n) is 7.28. The molecule has 3 rings (SSSR count). The predicted octanol–water partition coefficient (Wildman–Crippen LogP) is 5.09. The van der Waals surface area contributed by atoms with Crippen molar-refractivity contribution in [2.75, 3.05) is 19.5 Å². The van der Waals surface area contributed by atoms with E-state index in [9.17, 15) is 19.5 Å². The van der Waals surface area contributed by atoms with Crippen LogP contribution in [0.4, 0.5) is 10.5 Å². The van der Waals surface area contributed by atoms with E-state index in [1.807, 2.05) is 19.9 Å². The van der Waals surface area contributed by atoms with Crippen LogP contribution in [0, 0.1) is 11.8 Å². The fourth-order valence-corrected chi connectivity index (χ4v) is 5.16. The average molecular weight is 605 g/mol. The zero-order valence-electron chi connectivity index (χ0n) is 25.2. The van der Waals surface area contributed by atoms with E-state index in [2.05, 4.69) is 10.6 Å². The first-order chi connectivity index (χ1) is 19.8. The van der Waals surface area contributed by atoms with E-state index in [0.29, 0.717) is 23.4 Å². The van der Waals surface area contributed by atoms with E-state index < -0.39 is 53.8 Å². The quantitative estimate of drug-likeness (QED) is 0.320. The fraction of sp³-hybridized carbons (Fsp3) is 0.516. The highest BCUT2D eigenvalue weighted by Gasteiger charge is 2.46. The Morgan fingerprint density at radius 3 is 2.57 bits per heavy atom. The summed E-state index contributed by atoms with van der Waals surface area (Å²) in [7, 11) is 2.94. The number of carbonyl (C=O) groups is 3. The molecule has 5 atom stereocenters. The highest BCUT2D eigenvalue weighted by Crippen LogP contribution is 2.35. The van der Waals surface area contributed by atoms with Gasteiger partial charge in [0.1, 0.15) is 29.1 Å². The Labute approximate surface area is 252 Å². The maximum Gasteiger partial charge on any atom is 0.409 e. The maximum absolute atomic E-state index is 13.3. The van der Waals surface area contributed by atoms with E-state index in [4.69, 9.17) is 30.5 Å². The molecule has 2 aliphatic rings. The first kappa shape index (κ1) is 33.2. The largest absolute Gasteiger partial charge is 0.495 e. The summed E-state index contributed by atoms with van der Waals surface area (Å²) in [5.74, 6) is -1.31. The lowest BCUT2D eigenvalue weighted by Crippen LogP contribution is -2.63. The topological polar surface area (TPSA) is 132 Å².